The van der Waals surface area contributed by atoms with Crippen molar-refractivity contribution in [3.05, 3.63) is 44.9 Å². The summed E-state index contributed by atoms with van der Waals surface area (Å²) in [6.45, 7) is 6.48. The fourth-order valence-corrected chi connectivity index (χ4v) is 3.16. The van der Waals surface area contributed by atoms with E-state index in [0.717, 1.165) is 10.8 Å². The van der Waals surface area contributed by atoms with Gasteiger partial charge in [0, 0.05) is 6.42 Å². The molecule has 0 radical (unpaired) electrons. The Labute approximate surface area is 128 Å². The lowest BCUT2D eigenvalue weighted by Crippen LogP contribution is -2.01. The standard InChI is InChI=1S/C16H19NO3S/c1-4-13-15(16(18)19)21-14(17-13)5-6-20-12-8-10(2)7-11(3)9-12/h7-9H,4-6H2,1-3H3,(H,18,19). The minimum absolute atomic E-state index is 0.346. The number of rotatable bonds is 6. The summed E-state index contributed by atoms with van der Waals surface area (Å²) in [5.41, 5.74) is 3.00. The molecule has 0 aliphatic carbocycles. The molecule has 1 aromatic carbocycles. The largest absolute Gasteiger partial charge is 0.493 e. The minimum Gasteiger partial charge on any atom is -0.493 e. The van der Waals surface area contributed by atoms with E-state index in [1.165, 1.54) is 22.5 Å². The summed E-state index contributed by atoms with van der Waals surface area (Å²) >= 11 is 1.24. The number of aryl methyl sites for hydroxylation is 3. The molecule has 0 bridgehead atoms. The molecule has 0 atom stereocenters. The van der Waals surface area contributed by atoms with Gasteiger partial charge in [-0.05, 0) is 43.5 Å². The lowest BCUT2D eigenvalue weighted by Gasteiger charge is -2.07. The zero-order chi connectivity index (χ0) is 15.4. The average molecular weight is 305 g/mol. The molecule has 2 aromatic rings. The van der Waals surface area contributed by atoms with Crippen LogP contribution in [-0.4, -0.2) is 22.7 Å². The Hall–Kier alpha value is -1.88. The quantitative estimate of drug-likeness (QED) is 0.885. The van der Waals surface area contributed by atoms with Crippen molar-refractivity contribution in [2.75, 3.05) is 6.61 Å². The second-order valence-corrected chi connectivity index (χ2v) is 6.05. The molecule has 4 nitrogen and oxygen atoms in total. The third-order valence-electron chi connectivity index (χ3n) is 3.05. The average Bonchev–Trinajstić information content (AvgIpc) is 2.81. The van der Waals surface area contributed by atoms with Crippen LogP contribution in [0.3, 0.4) is 0 Å². The van der Waals surface area contributed by atoms with Crippen molar-refractivity contribution in [1.82, 2.24) is 4.98 Å². The van der Waals surface area contributed by atoms with Crippen molar-refractivity contribution in [2.24, 2.45) is 0 Å². The Morgan fingerprint density at radius 2 is 1.95 bits per heavy atom. The van der Waals surface area contributed by atoms with Crippen LogP contribution >= 0.6 is 11.3 Å². The maximum absolute atomic E-state index is 11.1. The second kappa shape index (κ2) is 6.72. The van der Waals surface area contributed by atoms with E-state index in [4.69, 9.17) is 9.84 Å². The topological polar surface area (TPSA) is 59.4 Å². The molecule has 0 amide bonds. The van der Waals surface area contributed by atoms with Crippen LogP contribution < -0.4 is 4.74 Å². The summed E-state index contributed by atoms with van der Waals surface area (Å²) in [6, 6.07) is 6.09. The highest BCUT2D eigenvalue weighted by Gasteiger charge is 2.15. The van der Waals surface area contributed by atoms with E-state index >= 15 is 0 Å². The lowest BCUT2D eigenvalue weighted by atomic mass is 10.1. The van der Waals surface area contributed by atoms with Crippen molar-refractivity contribution in [3.63, 3.8) is 0 Å². The van der Waals surface area contributed by atoms with Gasteiger partial charge in [-0.3, -0.25) is 0 Å². The summed E-state index contributed by atoms with van der Waals surface area (Å²) in [4.78, 5) is 15.8. The molecule has 112 valence electrons. The number of hydrogen-bond acceptors (Lipinski definition) is 4. The van der Waals surface area contributed by atoms with Crippen LogP contribution in [-0.2, 0) is 12.8 Å². The highest BCUT2D eigenvalue weighted by Crippen LogP contribution is 2.21. The first kappa shape index (κ1) is 15.5. The van der Waals surface area contributed by atoms with E-state index in [2.05, 4.69) is 11.1 Å². The van der Waals surface area contributed by atoms with Gasteiger partial charge in [0.25, 0.3) is 0 Å². The van der Waals surface area contributed by atoms with Crippen molar-refractivity contribution in [1.29, 1.82) is 0 Å². The van der Waals surface area contributed by atoms with Gasteiger partial charge in [0.05, 0.1) is 17.3 Å². The Morgan fingerprint density at radius 3 is 2.48 bits per heavy atom. The fraction of sp³-hybridized carbons (Fsp3) is 0.375. The Bertz CT molecular complexity index is 629. The third kappa shape index (κ3) is 4.04. The highest BCUT2D eigenvalue weighted by atomic mass is 32.1. The third-order valence-corrected chi connectivity index (χ3v) is 4.20. The van der Waals surface area contributed by atoms with Gasteiger partial charge < -0.3 is 9.84 Å². The molecule has 21 heavy (non-hydrogen) atoms. The van der Waals surface area contributed by atoms with Crippen LogP contribution in [0.15, 0.2) is 18.2 Å². The molecular formula is C16H19NO3S. The van der Waals surface area contributed by atoms with Crippen molar-refractivity contribution >= 4 is 17.3 Å². The molecule has 0 aliphatic rings. The van der Waals surface area contributed by atoms with E-state index in [9.17, 15) is 4.79 Å². The highest BCUT2D eigenvalue weighted by molar-refractivity contribution is 7.13. The predicted octanol–water partition coefficient (Wildman–Crippen LogP) is 3.64. The number of aromatic carboxylic acids is 1. The lowest BCUT2D eigenvalue weighted by molar-refractivity contribution is 0.0701. The molecule has 2 rings (SSSR count). The summed E-state index contributed by atoms with van der Waals surface area (Å²) in [6.07, 6.45) is 1.26. The van der Waals surface area contributed by atoms with E-state index in [1.54, 1.807) is 0 Å². The number of carboxylic acids is 1. The van der Waals surface area contributed by atoms with Gasteiger partial charge in [0.15, 0.2) is 0 Å². The predicted molar refractivity (Wildman–Crippen MR) is 83.6 cm³/mol. The first-order valence-corrected chi connectivity index (χ1v) is 7.74. The SMILES string of the molecule is CCc1nc(CCOc2cc(C)cc(C)c2)sc1C(=O)O. The zero-order valence-electron chi connectivity index (χ0n) is 12.5. The van der Waals surface area contributed by atoms with Gasteiger partial charge in [-0.2, -0.15) is 0 Å². The normalized spacial score (nSPS) is 10.6. The monoisotopic (exact) mass is 305 g/mol. The van der Waals surface area contributed by atoms with Crippen LogP contribution in [0.5, 0.6) is 5.75 Å². The van der Waals surface area contributed by atoms with E-state index < -0.39 is 5.97 Å². The second-order valence-electron chi connectivity index (χ2n) is 4.96. The van der Waals surface area contributed by atoms with Gasteiger partial charge in [-0.25, -0.2) is 9.78 Å². The molecule has 0 fully saturated rings. The number of thiazole rings is 1. The fourth-order valence-electron chi connectivity index (χ4n) is 2.19. The van der Waals surface area contributed by atoms with Gasteiger partial charge in [0.2, 0.25) is 0 Å². The first-order valence-electron chi connectivity index (χ1n) is 6.92. The van der Waals surface area contributed by atoms with E-state index in [-0.39, 0.29) is 0 Å². The smallest absolute Gasteiger partial charge is 0.347 e. The number of benzene rings is 1. The molecule has 1 N–H and O–H groups in total. The minimum atomic E-state index is -0.897. The first-order chi connectivity index (χ1) is 9.99. The molecule has 1 aromatic heterocycles. The van der Waals surface area contributed by atoms with Crippen LogP contribution in [0.2, 0.25) is 0 Å². The number of carbonyl (C=O) groups is 1. The van der Waals surface area contributed by atoms with Crippen LogP contribution in [0, 0.1) is 13.8 Å². The molecule has 5 heteroatoms. The maximum Gasteiger partial charge on any atom is 0.347 e. The number of ether oxygens (including phenoxy) is 1. The molecule has 0 saturated carbocycles. The Balaban J connectivity index is 1.98. The summed E-state index contributed by atoms with van der Waals surface area (Å²) < 4.78 is 5.73. The van der Waals surface area contributed by atoms with Crippen LogP contribution in [0.25, 0.3) is 0 Å². The molecule has 0 spiro atoms. The van der Waals surface area contributed by atoms with Crippen molar-refractivity contribution in [3.8, 4) is 5.75 Å². The maximum atomic E-state index is 11.1. The molecule has 1 heterocycles. The summed E-state index contributed by atoms with van der Waals surface area (Å²) in [5.74, 6) is -0.0518. The number of aromatic nitrogens is 1. The number of nitrogens with zero attached hydrogens (tertiary/aromatic N) is 1. The van der Waals surface area contributed by atoms with Crippen molar-refractivity contribution < 1.29 is 14.6 Å². The number of hydrogen-bond donors (Lipinski definition) is 1. The molecule has 0 saturated heterocycles. The van der Waals surface area contributed by atoms with Gasteiger partial charge in [0.1, 0.15) is 10.6 Å². The zero-order valence-corrected chi connectivity index (χ0v) is 13.3. The molecule has 0 unspecified atom stereocenters. The Morgan fingerprint density at radius 1 is 1.29 bits per heavy atom. The van der Waals surface area contributed by atoms with Gasteiger partial charge >= 0.3 is 5.97 Å². The van der Waals surface area contributed by atoms with E-state index in [0.29, 0.717) is 30.0 Å². The number of carboxylic acid groups (broad SMARTS) is 1. The summed E-state index contributed by atoms with van der Waals surface area (Å²) in [7, 11) is 0. The summed E-state index contributed by atoms with van der Waals surface area (Å²) in [5, 5.41) is 9.93. The van der Waals surface area contributed by atoms with Crippen LogP contribution in [0.4, 0.5) is 0 Å². The van der Waals surface area contributed by atoms with E-state index in [1.807, 2.05) is 32.9 Å². The van der Waals surface area contributed by atoms with Crippen LogP contribution in [0.1, 0.15) is 38.4 Å². The van der Waals surface area contributed by atoms with Crippen molar-refractivity contribution in [2.45, 2.75) is 33.6 Å². The van der Waals surface area contributed by atoms with Gasteiger partial charge in [-0.15, -0.1) is 11.3 Å². The molecule has 0 aliphatic heterocycles. The molecular weight excluding hydrogens is 286 g/mol. The van der Waals surface area contributed by atoms with Gasteiger partial charge in [-0.1, -0.05) is 13.0 Å². The Kier molecular flexibility index (Phi) is 4.96.